The summed E-state index contributed by atoms with van der Waals surface area (Å²) in [6, 6.07) is 0. The number of allylic oxidation sites excluding steroid dienone is 1. The lowest BCUT2D eigenvalue weighted by atomic mass is 9.48. The van der Waals surface area contributed by atoms with Crippen molar-refractivity contribution in [3.8, 4) is 0 Å². The summed E-state index contributed by atoms with van der Waals surface area (Å²) in [7, 11) is 0. The lowest BCUT2D eigenvalue weighted by molar-refractivity contribution is -0.0720. The first kappa shape index (κ1) is 14.3. The average Bonchev–Trinajstić information content (AvgIpc) is 2.35. The summed E-state index contributed by atoms with van der Waals surface area (Å²) in [5.74, 6) is 3.03. The van der Waals surface area contributed by atoms with Crippen molar-refractivity contribution < 1.29 is 5.11 Å². The SMILES string of the molecule is OC(CC12CC3CC(CC(C3)C1)C2)C1=CCCCCCC1. The molecule has 1 atom stereocenters. The van der Waals surface area contributed by atoms with Crippen LogP contribution in [0.5, 0.6) is 0 Å². The Morgan fingerprint density at radius 1 is 0.952 bits per heavy atom. The summed E-state index contributed by atoms with van der Waals surface area (Å²) in [5.41, 5.74) is 1.92. The van der Waals surface area contributed by atoms with Gasteiger partial charge < -0.3 is 5.11 Å². The molecule has 1 heteroatoms. The first-order valence-corrected chi connectivity index (χ1v) is 9.59. The van der Waals surface area contributed by atoms with E-state index in [0.717, 1.165) is 30.6 Å². The van der Waals surface area contributed by atoms with Crippen LogP contribution in [0.25, 0.3) is 0 Å². The Kier molecular flexibility index (Phi) is 3.90. The summed E-state index contributed by atoms with van der Waals surface area (Å²) in [5, 5.41) is 10.9. The molecular formula is C20H32O. The van der Waals surface area contributed by atoms with E-state index in [1.807, 2.05) is 0 Å². The van der Waals surface area contributed by atoms with Gasteiger partial charge in [0.25, 0.3) is 0 Å². The molecule has 4 bridgehead atoms. The molecule has 0 aromatic heterocycles. The van der Waals surface area contributed by atoms with Crippen LogP contribution in [0.15, 0.2) is 11.6 Å². The van der Waals surface area contributed by atoms with Crippen molar-refractivity contribution in [2.24, 2.45) is 23.2 Å². The van der Waals surface area contributed by atoms with Crippen LogP contribution in [0.4, 0.5) is 0 Å². The van der Waals surface area contributed by atoms with Crippen LogP contribution in [0.1, 0.15) is 83.5 Å². The second kappa shape index (κ2) is 5.72. The van der Waals surface area contributed by atoms with Crippen LogP contribution in [0, 0.1) is 23.2 Å². The maximum absolute atomic E-state index is 10.9. The molecule has 0 aromatic rings. The van der Waals surface area contributed by atoms with Gasteiger partial charge in [-0.2, -0.15) is 0 Å². The molecular weight excluding hydrogens is 256 g/mol. The van der Waals surface area contributed by atoms with E-state index in [1.54, 1.807) is 0 Å². The summed E-state index contributed by atoms with van der Waals surface area (Å²) in [4.78, 5) is 0. The number of aliphatic hydroxyl groups excluding tert-OH is 1. The zero-order valence-electron chi connectivity index (χ0n) is 13.5. The highest BCUT2D eigenvalue weighted by atomic mass is 16.3. The number of hydrogen-bond acceptors (Lipinski definition) is 1. The lowest BCUT2D eigenvalue weighted by Gasteiger charge is -2.57. The third-order valence-electron chi connectivity index (χ3n) is 7.05. The highest BCUT2D eigenvalue weighted by Gasteiger charge is 2.51. The molecule has 0 spiro atoms. The number of aliphatic hydroxyl groups is 1. The van der Waals surface area contributed by atoms with Crippen molar-refractivity contribution in [2.75, 3.05) is 0 Å². The van der Waals surface area contributed by atoms with Gasteiger partial charge in [-0.05, 0) is 99.4 Å². The van der Waals surface area contributed by atoms with Crippen LogP contribution in [-0.2, 0) is 0 Å². The molecule has 1 nitrogen and oxygen atoms in total. The molecule has 0 radical (unpaired) electrons. The Morgan fingerprint density at radius 3 is 2.24 bits per heavy atom. The molecule has 0 aliphatic heterocycles. The predicted octanol–water partition coefficient (Wildman–Crippen LogP) is 5.23. The van der Waals surface area contributed by atoms with E-state index < -0.39 is 0 Å². The molecule has 0 saturated heterocycles. The van der Waals surface area contributed by atoms with E-state index in [0.29, 0.717) is 5.41 Å². The normalized spacial score (nSPS) is 44.0. The van der Waals surface area contributed by atoms with E-state index in [9.17, 15) is 5.11 Å². The summed E-state index contributed by atoms with van der Waals surface area (Å²) >= 11 is 0. The molecule has 0 heterocycles. The summed E-state index contributed by atoms with van der Waals surface area (Å²) in [6.45, 7) is 0. The first-order valence-electron chi connectivity index (χ1n) is 9.59. The van der Waals surface area contributed by atoms with Gasteiger partial charge in [0.1, 0.15) is 0 Å². The first-order chi connectivity index (χ1) is 10.2. The smallest absolute Gasteiger partial charge is 0.0755 e. The summed E-state index contributed by atoms with van der Waals surface area (Å²) < 4.78 is 0. The second-order valence-corrected chi connectivity index (χ2v) is 8.87. The van der Waals surface area contributed by atoms with Gasteiger partial charge in [0.2, 0.25) is 0 Å². The third kappa shape index (κ3) is 2.96. The van der Waals surface area contributed by atoms with Crippen LogP contribution in [-0.4, -0.2) is 11.2 Å². The average molecular weight is 288 g/mol. The molecule has 5 rings (SSSR count). The Balaban J connectivity index is 1.45. The van der Waals surface area contributed by atoms with E-state index in [1.165, 1.54) is 76.2 Å². The monoisotopic (exact) mass is 288 g/mol. The van der Waals surface area contributed by atoms with Gasteiger partial charge in [-0.15, -0.1) is 0 Å². The van der Waals surface area contributed by atoms with Crippen molar-refractivity contribution in [2.45, 2.75) is 89.6 Å². The highest BCUT2D eigenvalue weighted by Crippen LogP contribution is 2.61. The highest BCUT2D eigenvalue weighted by molar-refractivity contribution is 5.12. The van der Waals surface area contributed by atoms with E-state index >= 15 is 0 Å². The zero-order valence-corrected chi connectivity index (χ0v) is 13.5. The molecule has 1 unspecified atom stereocenters. The van der Waals surface area contributed by atoms with Gasteiger partial charge in [-0.1, -0.05) is 18.9 Å². The molecule has 21 heavy (non-hydrogen) atoms. The topological polar surface area (TPSA) is 20.2 Å². The Hall–Kier alpha value is -0.300. The molecule has 0 aromatic carbocycles. The van der Waals surface area contributed by atoms with Crippen molar-refractivity contribution >= 4 is 0 Å². The fraction of sp³-hybridized carbons (Fsp3) is 0.900. The van der Waals surface area contributed by atoms with Gasteiger partial charge in [0.15, 0.2) is 0 Å². The maximum Gasteiger partial charge on any atom is 0.0755 e. The Morgan fingerprint density at radius 2 is 1.57 bits per heavy atom. The van der Waals surface area contributed by atoms with Crippen molar-refractivity contribution in [3.63, 3.8) is 0 Å². The molecule has 0 amide bonds. The number of rotatable bonds is 3. The van der Waals surface area contributed by atoms with Gasteiger partial charge in [0, 0.05) is 0 Å². The fourth-order valence-corrected chi connectivity index (χ4v) is 6.60. The standard InChI is InChI=1S/C20H32O/c21-19(18-6-4-2-1-3-5-7-18)14-20-11-15-8-16(12-20)10-17(9-15)13-20/h6,15-17,19,21H,1-5,7-14H2. The maximum atomic E-state index is 10.9. The van der Waals surface area contributed by atoms with Gasteiger partial charge in [0.05, 0.1) is 6.10 Å². The lowest BCUT2D eigenvalue weighted by Crippen LogP contribution is -2.47. The molecule has 4 fully saturated rings. The predicted molar refractivity (Wildman–Crippen MR) is 87.0 cm³/mol. The minimum absolute atomic E-state index is 0.126. The van der Waals surface area contributed by atoms with E-state index in [-0.39, 0.29) is 6.10 Å². The quantitative estimate of drug-likeness (QED) is 0.705. The fourth-order valence-electron chi connectivity index (χ4n) is 6.60. The van der Waals surface area contributed by atoms with Crippen LogP contribution >= 0.6 is 0 Å². The zero-order chi connectivity index (χ0) is 14.3. The molecule has 118 valence electrons. The van der Waals surface area contributed by atoms with Crippen molar-refractivity contribution in [3.05, 3.63) is 11.6 Å². The van der Waals surface area contributed by atoms with Gasteiger partial charge >= 0.3 is 0 Å². The molecule has 5 aliphatic rings. The Bertz CT molecular complexity index is 373. The van der Waals surface area contributed by atoms with Gasteiger partial charge in [-0.25, -0.2) is 0 Å². The molecule has 4 saturated carbocycles. The van der Waals surface area contributed by atoms with Gasteiger partial charge in [-0.3, -0.25) is 0 Å². The number of hydrogen-bond donors (Lipinski definition) is 1. The Labute approximate surface area is 130 Å². The van der Waals surface area contributed by atoms with Crippen molar-refractivity contribution in [1.82, 2.24) is 0 Å². The largest absolute Gasteiger partial charge is 0.389 e. The third-order valence-corrected chi connectivity index (χ3v) is 7.05. The molecule has 1 N–H and O–H groups in total. The van der Waals surface area contributed by atoms with E-state index in [4.69, 9.17) is 0 Å². The minimum atomic E-state index is -0.126. The summed E-state index contributed by atoms with van der Waals surface area (Å²) in [6.07, 6.45) is 19.9. The van der Waals surface area contributed by atoms with E-state index in [2.05, 4.69) is 6.08 Å². The second-order valence-electron chi connectivity index (χ2n) is 8.87. The molecule has 5 aliphatic carbocycles. The van der Waals surface area contributed by atoms with Crippen LogP contribution in [0.3, 0.4) is 0 Å². The van der Waals surface area contributed by atoms with Crippen LogP contribution < -0.4 is 0 Å². The van der Waals surface area contributed by atoms with Crippen molar-refractivity contribution in [1.29, 1.82) is 0 Å². The minimum Gasteiger partial charge on any atom is -0.389 e. The van der Waals surface area contributed by atoms with Crippen LogP contribution in [0.2, 0.25) is 0 Å².